The van der Waals surface area contributed by atoms with E-state index in [-0.39, 0.29) is 43.8 Å². The number of carbonyl (C=O) groups is 7. The number of aryl methyl sites for hydroxylation is 1. The van der Waals surface area contributed by atoms with E-state index in [1.807, 2.05) is 13.8 Å². The number of amides is 6. The predicted molar refractivity (Wildman–Crippen MR) is 200 cm³/mol. The Morgan fingerprint density at radius 1 is 0.877 bits per heavy atom. The van der Waals surface area contributed by atoms with Crippen molar-refractivity contribution in [2.45, 2.75) is 109 Å². The number of esters is 1. The maximum absolute atomic E-state index is 14.6. The van der Waals surface area contributed by atoms with Crippen LogP contribution in [0.15, 0.2) is 42.5 Å². The van der Waals surface area contributed by atoms with E-state index in [2.05, 4.69) is 16.0 Å². The van der Waals surface area contributed by atoms with Crippen molar-refractivity contribution in [3.8, 4) is 0 Å². The second-order valence-corrected chi connectivity index (χ2v) is 15.5. The van der Waals surface area contributed by atoms with Gasteiger partial charge in [-0.15, -0.1) is 0 Å². The lowest BCUT2D eigenvalue weighted by atomic mass is 10.0. The molecule has 0 aliphatic carbocycles. The smallest absolute Gasteiger partial charge is 0.329 e. The summed E-state index contributed by atoms with van der Waals surface area (Å²) in [5.41, 5.74) is 1.58. The summed E-state index contributed by atoms with van der Waals surface area (Å²) < 4.78 is 34.4. The number of aliphatic hydroxyl groups is 1. The summed E-state index contributed by atoms with van der Waals surface area (Å²) >= 11 is 0. The summed E-state index contributed by atoms with van der Waals surface area (Å²) in [5.74, 6) is -7.38. The minimum atomic E-state index is -1.73. The molecule has 57 heavy (non-hydrogen) atoms. The van der Waals surface area contributed by atoms with Crippen molar-refractivity contribution >= 4 is 41.4 Å². The topological polar surface area (TPSA) is 195 Å². The van der Waals surface area contributed by atoms with Crippen molar-refractivity contribution in [2.75, 3.05) is 20.1 Å². The number of hydrogen-bond acceptors (Lipinski definition) is 9. The Morgan fingerprint density at radius 3 is 2.16 bits per heavy atom. The van der Waals surface area contributed by atoms with Crippen LogP contribution in [0.2, 0.25) is 0 Å². The number of rotatable bonds is 7. The zero-order valence-corrected chi connectivity index (χ0v) is 32.8. The molecule has 2 aromatic rings. The third-order valence-corrected chi connectivity index (χ3v) is 10.8. The first-order chi connectivity index (χ1) is 26.8. The number of likely N-dealkylation sites (N-methyl/N-ethyl adjacent to an activating group) is 1. The number of halogens is 2. The molecule has 3 heterocycles. The van der Waals surface area contributed by atoms with E-state index < -0.39 is 108 Å². The zero-order valence-electron chi connectivity index (χ0n) is 32.8. The average molecular weight is 797 g/mol. The van der Waals surface area contributed by atoms with Crippen LogP contribution in [0.25, 0.3) is 0 Å². The van der Waals surface area contributed by atoms with Crippen molar-refractivity contribution in [3.63, 3.8) is 0 Å². The van der Waals surface area contributed by atoms with Gasteiger partial charge in [0, 0.05) is 39.0 Å². The molecule has 3 saturated heterocycles. The third-order valence-electron chi connectivity index (χ3n) is 10.8. The van der Waals surface area contributed by atoms with Crippen LogP contribution in [0.1, 0.15) is 57.2 Å². The first-order valence-corrected chi connectivity index (χ1v) is 19.0. The highest BCUT2D eigenvalue weighted by Gasteiger charge is 2.47. The average Bonchev–Trinajstić information content (AvgIpc) is 3.74. The van der Waals surface area contributed by atoms with Crippen LogP contribution in [0.4, 0.5) is 8.78 Å². The summed E-state index contributed by atoms with van der Waals surface area (Å²) in [5, 5.41) is 18.5. The highest BCUT2D eigenvalue weighted by atomic mass is 19.1. The van der Waals surface area contributed by atoms with Gasteiger partial charge in [0.25, 0.3) is 0 Å². The molecule has 0 radical (unpaired) electrons. The van der Waals surface area contributed by atoms with E-state index in [1.54, 1.807) is 24.3 Å². The molecule has 308 valence electrons. The standard InChI is InChI=1S/C40H50F2N6O9/c1-20-7-9-25(10-8-20)15-33(50)44-30(14-26-12-27(41)16-28(42)13-26)36(52)45-34-24(5)57-40(56)32-11-21(2)18-47(32)37(53)22(3)43-35(51)23(4)46(6)38(54)31-17-29(49)19-48(31)39(34)55/h7-10,12-13,16,21-24,29-32,34,49H,11,14-15,17-19H2,1-6H3,(H,43,51)(H,44,50)(H,45,52)/t21-,22-,23-,24-,29+,30-,31-,32?,34-/m0/s1. The Labute approximate surface area is 329 Å². The van der Waals surface area contributed by atoms with Crippen LogP contribution in [0, 0.1) is 24.5 Å². The maximum Gasteiger partial charge on any atom is 0.329 e. The van der Waals surface area contributed by atoms with Gasteiger partial charge in [0.15, 0.2) is 0 Å². The fraction of sp³-hybridized carbons (Fsp3) is 0.525. The molecule has 2 aromatic carbocycles. The van der Waals surface area contributed by atoms with E-state index in [4.69, 9.17) is 4.74 Å². The Bertz CT molecular complexity index is 1880. The number of hydrogen-bond donors (Lipinski definition) is 4. The van der Waals surface area contributed by atoms with Crippen molar-refractivity contribution in [3.05, 3.63) is 70.8 Å². The van der Waals surface area contributed by atoms with Crippen LogP contribution in [-0.2, 0) is 51.1 Å². The molecule has 0 spiro atoms. The minimum Gasteiger partial charge on any atom is -0.458 e. The van der Waals surface area contributed by atoms with Crippen molar-refractivity contribution < 1.29 is 52.2 Å². The van der Waals surface area contributed by atoms with Gasteiger partial charge in [-0.2, -0.15) is 0 Å². The molecule has 0 bridgehead atoms. The zero-order chi connectivity index (χ0) is 41.9. The molecular weight excluding hydrogens is 746 g/mol. The van der Waals surface area contributed by atoms with Crippen LogP contribution < -0.4 is 16.0 Å². The van der Waals surface area contributed by atoms with Gasteiger partial charge in [-0.05, 0) is 63.3 Å². The van der Waals surface area contributed by atoms with Gasteiger partial charge < -0.3 is 40.5 Å². The van der Waals surface area contributed by atoms with Gasteiger partial charge >= 0.3 is 5.97 Å². The molecular formula is C40H50F2N6O9. The molecule has 4 N–H and O–H groups in total. The van der Waals surface area contributed by atoms with Gasteiger partial charge in [0.1, 0.15) is 54.0 Å². The first kappa shape index (κ1) is 42.7. The van der Waals surface area contributed by atoms with Gasteiger partial charge in [-0.25, -0.2) is 13.6 Å². The molecule has 0 saturated carbocycles. The second kappa shape index (κ2) is 17.8. The van der Waals surface area contributed by atoms with Crippen molar-refractivity contribution in [1.82, 2.24) is 30.7 Å². The molecule has 3 fully saturated rings. The minimum absolute atomic E-state index is 0.0101. The van der Waals surface area contributed by atoms with Crippen LogP contribution in [0.3, 0.4) is 0 Å². The summed E-state index contributed by atoms with van der Waals surface area (Å²) in [6.07, 6.45) is -3.22. The Balaban J connectivity index is 1.51. The van der Waals surface area contributed by atoms with Crippen molar-refractivity contribution in [1.29, 1.82) is 0 Å². The number of fused-ring (bicyclic) bond motifs is 2. The fourth-order valence-corrected chi connectivity index (χ4v) is 7.50. The first-order valence-electron chi connectivity index (χ1n) is 19.0. The highest BCUT2D eigenvalue weighted by molar-refractivity contribution is 5.98. The maximum atomic E-state index is 14.6. The summed E-state index contributed by atoms with van der Waals surface area (Å²) in [4.78, 5) is 100. The van der Waals surface area contributed by atoms with Crippen LogP contribution in [-0.4, -0.2) is 130 Å². The number of nitrogens with one attached hydrogen (secondary N) is 3. The lowest BCUT2D eigenvalue weighted by molar-refractivity contribution is -0.162. The number of cyclic esters (lactones) is 1. The fourth-order valence-electron chi connectivity index (χ4n) is 7.50. The number of ether oxygens (including phenoxy) is 1. The van der Waals surface area contributed by atoms with Gasteiger partial charge in [0.05, 0.1) is 12.5 Å². The predicted octanol–water partition coefficient (Wildman–Crippen LogP) is 0.524. The Morgan fingerprint density at radius 2 is 1.51 bits per heavy atom. The Hall–Kier alpha value is -5.45. The lowest BCUT2D eigenvalue weighted by Gasteiger charge is -2.36. The van der Waals surface area contributed by atoms with E-state index in [0.29, 0.717) is 11.6 Å². The molecule has 9 atom stereocenters. The van der Waals surface area contributed by atoms with Crippen LogP contribution in [0.5, 0.6) is 0 Å². The van der Waals surface area contributed by atoms with E-state index in [0.717, 1.165) is 27.5 Å². The summed E-state index contributed by atoms with van der Waals surface area (Å²) in [7, 11) is 1.34. The highest BCUT2D eigenvalue weighted by Crippen LogP contribution is 2.27. The molecule has 0 aromatic heterocycles. The molecule has 3 aliphatic rings. The molecule has 5 rings (SSSR count). The monoisotopic (exact) mass is 796 g/mol. The molecule has 17 heteroatoms. The molecule has 15 nitrogen and oxygen atoms in total. The molecule has 6 amide bonds. The normalized spacial score (nSPS) is 28.0. The van der Waals surface area contributed by atoms with E-state index in [9.17, 15) is 47.4 Å². The van der Waals surface area contributed by atoms with Gasteiger partial charge in [-0.3, -0.25) is 28.8 Å². The lowest BCUT2D eigenvalue weighted by Crippen LogP contribution is -2.62. The summed E-state index contributed by atoms with van der Waals surface area (Å²) in [6, 6.07) is 1.82. The van der Waals surface area contributed by atoms with Gasteiger partial charge in [-0.1, -0.05) is 36.8 Å². The Kier molecular flexibility index (Phi) is 13.3. The second-order valence-electron chi connectivity index (χ2n) is 15.5. The third kappa shape index (κ3) is 10.1. The van der Waals surface area contributed by atoms with E-state index >= 15 is 0 Å². The van der Waals surface area contributed by atoms with Crippen molar-refractivity contribution in [2.24, 2.45) is 5.92 Å². The number of carbonyl (C=O) groups excluding carboxylic acids is 7. The van der Waals surface area contributed by atoms with E-state index in [1.165, 1.54) is 32.7 Å². The SMILES string of the molecule is Cc1ccc(CC(=O)N[C@@H](Cc2cc(F)cc(F)c2)C(=O)N[C@@H]2C(=O)N3C[C@H](O)C[C@H]3C(=O)N(C)[C@@H](C)C(=O)N[C@@H](C)C(=O)N3C[C@@H](C)CC3C(=O)O[C@H]2C)cc1. The number of benzene rings is 2. The molecule has 1 unspecified atom stereocenters. The summed E-state index contributed by atoms with van der Waals surface area (Å²) in [6.45, 7) is 7.74. The van der Waals surface area contributed by atoms with Gasteiger partial charge in [0.2, 0.25) is 35.4 Å². The number of nitrogens with zero attached hydrogens (tertiary/aromatic N) is 3. The number of aliphatic hydroxyl groups excluding tert-OH is 1. The van der Waals surface area contributed by atoms with Crippen LogP contribution >= 0.6 is 0 Å². The quantitative estimate of drug-likeness (QED) is 0.289. The largest absolute Gasteiger partial charge is 0.458 e. The molecule has 3 aliphatic heterocycles.